The van der Waals surface area contributed by atoms with Crippen LogP contribution in [-0.2, 0) is 9.84 Å². The maximum absolute atomic E-state index is 11.4. The first-order chi connectivity index (χ1) is 5.83. The Morgan fingerprint density at radius 3 is 2.23 bits per heavy atom. The molecule has 0 aliphatic rings. The topological polar surface area (TPSA) is 63.4 Å². The van der Waals surface area contributed by atoms with Gasteiger partial charge in [0.1, 0.15) is 0 Å². The van der Waals surface area contributed by atoms with Crippen molar-refractivity contribution in [3.8, 4) is 0 Å². The molecule has 0 fully saturated rings. The van der Waals surface area contributed by atoms with Crippen molar-refractivity contribution in [1.29, 1.82) is 0 Å². The first-order valence-electron chi connectivity index (χ1n) is 4.44. The summed E-state index contributed by atoms with van der Waals surface area (Å²) in [5.74, 6) is 0.436. The Balaban J connectivity index is 3.81. The van der Waals surface area contributed by atoms with Crippen LogP contribution in [0.25, 0.3) is 0 Å². The fraction of sp³-hybridized carbons (Fsp3) is 1.00. The minimum atomic E-state index is -2.89. The van der Waals surface area contributed by atoms with Gasteiger partial charge in [0.05, 0.1) is 11.5 Å². The number of hydrogen-bond donors (Lipinski definition) is 1. The molecule has 0 spiro atoms. The highest BCUT2D eigenvalue weighted by atomic mass is 32.2. The molecule has 80 valence electrons. The molecule has 0 rings (SSSR count). The van der Waals surface area contributed by atoms with Gasteiger partial charge in [-0.15, -0.1) is 0 Å². The highest BCUT2D eigenvalue weighted by Crippen LogP contribution is 1.97. The molecule has 0 heterocycles. The molecule has 1 unspecified atom stereocenters. The van der Waals surface area contributed by atoms with Crippen LogP contribution in [0.1, 0.15) is 13.3 Å². The SMILES string of the molecule is CC(N)CCS(=O)(=O)CCN(C)C. The Labute approximate surface area is 81.0 Å². The van der Waals surface area contributed by atoms with Crippen molar-refractivity contribution >= 4 is 9.84 Å². The normalized spacial score (nSPS) is 14.8. The van der Waals surface area contributed by atoms with Crippen molar-refractivity contribution in [1.82, 2.24) is 4.90 Å². The van der Waals surface area contributed by atoms with E-state index in [1.165, 1.54) is 0 Å². The summed E-state index contributed by atoms with van der Waals surface area (Å²) in [7, 11) is 0.831. The third-order valence-corrected chi connectivity index (χ3v) is 3.40. The van der Waals surface area contributed by atoms with E-state index in [1.807, 2.05) is 25.9 Å². The maximum Gasteiger partial charge on any atom is 0.151 e. The summed E-state index contributed by atoms with van der Waals surface area (Å²) in [6, 6.07) is -0.0332. The molecule has 0 aromatic rings. The lowest BCUT2D eigenvalue weighted by Gasteiger charge is -2.10. The van der Waals surface area contributed by atoms with Crippen LogP contribution in [-0.4, -0.2) is 51.5 Å². The van der Waals surface area contributed by atoms with E-state index in [0.717, 1.165) is 0 Å². The smallest absolute Gasteiger partial charge is 0.151 e. The zero-order valence-corrected chi connectivity index (χ0v) is 9.47. The average Bonchev–Trinajstić information content (AvgIpc) is 1.98. The van der Waals surface area contributed by atoms with Crippen LogP contribution in [0.5, 0.6) is 0 Å². The molecule has 2 N–H and O–H groups in total. The standard InChI is InChI=1S/C8H20N2O2S/c1-8(9)4-6-13(11,12)7-5-10(2)3/h8H,4-7,9H2,1-3H3. The summed E-state index contributed by atoms with van der Waals surface area (Å²) in [5.41, 5.74) is 5.48. The van der Waals surface area contributed by atoms with E-state index in [-0.39, 0.29) is 17.5 Å². The predicted molar refractivity (Wildman–Crippen MR) is 55.5 cm³/mol. The van der Waals surface area contributed by atoms with Gasteiger partial charge in [-0.1, -0.05) is 0 Å². The van der Waals surface area contributed by atoms with Crippen LogP contribution >= 0.6 is 0 Å². The second kappa shape index (κ2) is 5.57. The second-order valence-corrected chi connectivity index (χ2v) is 6.02. The monoisotopic (exact) mass is 208 g/mol. The Hall–Kier alpha value is -0.130. The molecule has 13 heavy (non-hydrogen) atoms. The van der Waals surface area contributed by atoms with E-state index in [9.17, 15) is 8.42 Å². The molecule has 0 aromatic heterocycles. The minimum Gasteiger partial charge on any atom is -0.328 e. The number of hydrogen-bond acceptors (Lipinski definition) is 4. The molecular formula is C8H20N2O2S. The summed E-state index contributed by atoms with van der Waals surface area (Å²) in [6.07, 6.45) is 0.551. The van der Waals surface area contributed by atoms with Gasteiger partial charge in [-0.05, 0) is 27.4 Å². The molecule has 0 radical (unpaired) electrons. The summed E-state index contributed by atoms with van der Waals surface area (Å²) in [6.45, 7) is 2.41. The van der Waals surface area contributed by atoms with Gasteiger partial charge in [-0.3, -0.25) is 0 Å². The van der Waals surface area contributed by atoms with E-state index in [4.69, 9.17) is 5.73 Å². The van der Waals surface area contributed by atoms with Crippen LogP contribution < -0.4 is 5.73 Å². The van der Waals surface area contributed by atoms with Crippen molar-refractivity contribution in [3.63, 3.8) is 0 Å². The molecular weight excluding hydrogens is 188 g/mol. The fourth-order valence-electron chi connectivity index (χ4n) is 0.789. The number of rotatable bonds is 6. The van der Waals surface area contributed by atoms with E-state index in [1.54, 1.807) is 0 Å². The molecule has 1 atom stereocenters. The van der Waals surface area contributed by atoms with Crippen LogP contribution in [0.4, 0.5) is 0 Å². The lowest BCUT2D eigenvalue weighted by Crippen LogP contribution is -2.26. The Morgan fingerprint density at radius 1 is 1.31 bits per heavy atom. The van der Waals surface area contributed by atoms with Gasteiger partial charge < -0.3 is 10.6 Å². The van der Waals surface area contributed by atoms with Gasteiger partial charge in [0.25, 0.3) is 0 Å². The molecule has 0 aromatic carbocycles. The average molecular weight is 208 g/mol. The first kappa shape index (κ1) is 12.9. The lowest BCUT2D eigenvalue weighted by molar-refractivity contribution is 0.432. The van der Waals surface area contributed by atoms with E-state index in [0.29, 0.717) is 13.0 Å². The first-order valence-corrected chi connectivity index (χ1v) is 6.26. The third kappa shape index (κ3) is 8.21. The molecule has 0 aliphatic carbocycles. The third-order valence-electron chi connectivity index (χ3n) is 1.73. The van der Waals surface area contributed by atoms with Gasteiger partial charge >= 0.3 is 0 Å². The molecule has 0 amide bonds. The highest BCUT2D eigenvalue weighted by Gasteiger charge is 2.11. The van der Waals surface area contributed by atoms with Crippen LogP contribution in [0, 0.1) is 0 Å². The summed E-state index contributed by atoms with van der Waals surface area (Å²) in [5, 5.41) is 0. The molecule has 0 saturated heterocycles. The van der Waals surface area contributed by atoms with Crippen molar-refractivity contribution in [2.45, 2.75) is 19.4 Å². The van der Waals surface area contributed by atoms with Gasteiger partial charge in [-0.25, -0.2) is 8.42 Å². The Kier molecular flexibility index (Phi) is 5.51. The minimum absolute atomic E-state index is 0.0332. The number of nitrogens with two attached hydrogens (primary N) is 1. The van der Waals surface area contributed by atoms with Crippen molar-refractivity contribution in [2.75, 3.05) is 32.1 Å². The number of nitrogens with zero attached hydrogens (tertiary/aromatic N) is 1. The van der Waals surface area contributed by atoms with Gasteiger partial charge in [0.15, 0.2) is 9.84 Å². The van der Waals surface area contributed by atoms with Gasteiger partial charge in [0, 0.05) is 12.6 Å². The molecule has 0 saturated carbocycles. The summed E-state index contributed by atoms with van der Waals surface area (Å²) in [4.78, 5) is 1.86. The highest BCUT2D eigenvalue weighted by molar-refractivity contribution is 7.91. The van der Waals surface area contributed by atoms with Crippen LogP contribution in [0.2, 0.25) is 0 Å². The maximum atomic E-state index is 11.4. The van der Waals surface area contributed by atoms with Gasteiger partial charge in [0.2, 0.25) is 0 Å². The molecule has 0 aliphatic heterocycles. The number of sulfone groups is 1. The Bertz CT molecular complexity index is 204. The van der Waals surface area contributed by atoms with Crippen molar-refractivity contribution < 1.29 is 8.42 Å². The van der Waals surface area contributed by atoms with Crippen molar-refractivity contribution in [3.05, 3.63) is 0 Å². The van der Waals surface area contributed by atoms with Crippen molar-refractivity contribution in [2.24, 2.45) is 5.73 Å². The van der Waals surface area contributed by atoms with Gasteiger partial charge in [-0.2, -0.15) is 0 Å². The van der Waals surface area contributed by atoms with Crippen LogP contribution in [0.3, 0.4) is 0 Å². The van der Waals surface area contributed by atoms with E-state index < -0.39 is 9.84 Å². The largest absolute Gasteiger partial charge is 0.328 e. The van der Waals surface area contributed by atoms with E-state index >= 15 is 0 Å². The zero-order valence-electron chi connectivity index (χ0n) is 8.66. The molecule has 0 bridgehead atoms. The summed E-state index contributed by atoms with van der Waals surface area (Å²) >= 11 is 0. The van der Waals surface area contributed by atoms with Crippen LogP contribution in [0.15, 0.2) is 0 Å². The zero-order chi connectivity index (χ0) is 10.5. The molecule has 4 nitrogen and oxygen atoms in total. The lowest BCUT2D eigenvalue weighted by atomic mass is 10.3. The second-order valence-electron chi connectivity index (χ2n) is 3.72. The fourth-order valence-corrected chi connectivity index (χ4v) is 2.37. The predicted octanol–water partition coefficient (Wildman–Crippen LogP) is -0.300. The Morgan fingerprint density at radius 2 is 1.85 bits per heavy atom. The summed E-state index contributed by atoms with van der Waals surface area (Å²) < 4.78 is 22.7. The quantitative estimate of drug-likeness (QED) is 0.651. The molecule has 5 heteroatoms. The van der Waals surface area contributed by atoms with E-state index in [2.05, 4.69) is 0 Å².